The van der Waals surface area contributed by atoms with E-state index in [-0.39, 0.29) is 0 Å². The number of hydrogen-bond donors (Lipinski definition) is 0. The van der Waals surface area contributed by atoms with Gasteiger partial charge in [-0.3, -0.25) is 4.90 Å². The molecular weight excluding hydrogens is 593 g/mol. The number of rotatable bonds is 4. The van der Waals surface area contributed by atoms with E-state index in [1.165, 1.54) is 75.8 Å². The number of aromatic nitrogens is 1. The van der Waals surface area contributed by atoms with Crippen LogP contribution in [0, 0.1) is 0 Å². The molecule has 0 saturated heterocycles. The van der Waals surface area contributed by atoms with E-state index >= 15 is 0 Å². The third-order valence-electron chi connectivity index (χ3n) is 10.0. The van der Waals surface area contributed by atoms with Crippen LogP contribution < -0.4 is 4.90 Å². The number of nitrogens with zero attached hydrogens (tertiary/aromatic N) is 2. The Balaban J connectivity index is 1.38. The first-order chi connectivity index (χ1) is 24.3. The minimum Gasteiger partial charge on any atom is -0.293 e. The molecule has 0 saturated carbocycles. The number of anilines is 3. The second kappa shape index (κ2) is 11.0. The molecule has 1 heterocycles. The van der Waals surface area contributed by atoms with Crippen molar-refractivity contribution < 1.29 is 0 Å². The molecule has 10 rings (SSSR count). The van der Waals surface area contributed by atoms with Crippen LogP contribution in [0.4, 0.5) is 17.2 Å². The molecule has 9 aromatic carbocycles. The number of pyridine rings is 1. The van der Waals surface area contributed by atoms with Crippen LogP contribution in [0.5, 0.6) is 0 Å². The van der Waals surface area contributed by atoms with Gasteiger partial charge in [0.15, 0.2) is 0 Å². The fourth-order valence-electron chi connectivity index (χ4n) is 7.96. The molecule has 2 nitrogen and oxygen atoms in total. The molecule has 2 heteroatoms. The molecule has 0 spiro atoms. The summed E-state index contributed by atoms with van der Waals surface area (Å²) >= 11 is 0. The third kappa shape index (κ3) is 4.24. The van der Waals surface area contributed by atoms with E-state index in [4.69, 9.17) is 4.98 Å². The first kappa shape index (κ1) is 27.6. The maximum absolute atomic E-state index is 5.01. The summed E-state index contributed by atoms with van der Waals surface area (Å²) in [5.41, 5.74) is 4.72. The molecular formula is C47H30N2. The van der Waals surface area contributed by atoms with Crippen molar-refractivity contribution >= 4 is 81.8 Å². The fourth-order valence-corrected chi connectivity index (χ4v) is 7.96. The van der Waals surface area contributed by atoms with Gasteiger partial charge < -0.3 is 0 Å². The third-order valence-corrected chi connectivity index (χ3v) is 10.0. The Kier molecular flexibility index (Phi) is 6.22. The smallest absolute Gasteiger partial charge is 0.137 e. The van der Waals surface area contributed by atoms with E-state index in [9.17, 15) is 0 Å². The summed E-state index contributed by atoms with van der Waals surface area (Å²) in [5.74, 6) is 0.877. The maximum Gasteiger partial charge on any atom is 0.137 e. The molecule has 0 unspecified atom stereocenters. The standard InChI is InChI=1S/C47H30N2/c1-3-17-33-31(15-1)29-43(37-21-6-5-19-35(33)37)46-39-23-9-11-25-41(39)47(42-26-12-10-24-40(42)46)49(45-27-13-14-28-48-45)44-30-32-16-2-4-18-34(32)36-20-7-8-22-38(36)44/h1-30H. The molecule has 0 aliphatic heterocycles. The van der Waals surface area contributed by atoms with Gasteiger partial charge >= 0.3 is 0 Å². The summed E-state index contributed by atoms with van der Waals surface area (Å²) in [4.78, 5) is 7.40. The quantitative estimate of drug-likeness (QED) is 0.143. The van der Waals surface area contributed by atoms with Gasteiger partial charge in [-0.2, -0.15) is 0 Å². The molecule has 0 amide bonds. The van der Waals surface area contributed by atoms with Crippen molar-refractivity contribution in [1.29, 1.82) is 0 Å². The Morgan fingerprint density at radius 1 is 0.347 bits per heavy atom. The first-order valence-corrected chi connectivity index (χ1v) is 16.8. The topological polar surface area (TPSA) is 16.1 Å². The molecule has 0 aliphatic carbocycles. The van der Waals surface area contributed by atoms with Crippen LogP contribution in [-0.4, -0.2) is 4.98 Å². The zero-order valence-electron chi connectivity index (χ0n) is 26.7. The van der Waals surface area contributed by atoms with Gasteiger partial charge in [0.1, 0.15) is 5.82 Å². The van der Waals surface area contributed by atoms with Crippen molar-refractivity contribution in [2.45, 2.75) is 0 Å². The molecule has 0 bridgehead atoms. The summed E-state index contributed by atoms with van der Waals surface area (Å²) in [6.07, 6.45) is 1.89. The van der Waals surface area contributed by atoms with E-state index in [1.807, 2.05) is 12.3 Å². The van der Waals surface area contributed by atoms with E-state index in [0.29, 0.717) is 0 Å². The van der Waals surface area contributed by atoms with Gasteiger partial charge in [0.05, 0.1) is 11.4 Å². The Morgan fingerprint density at radius 3 is 1.39 bits per heavy atom. The summed E-state index contributed by atoms with van der Waals surface area (Å²) in [7, 11) is 0. The molecule has 228 valence electrons. The van der Waals surface area contributed by atoms with Gasteiger partial charge in [0, 0.05) is 22.4 Å². The second-order valence-corrected chi connectivity index (χ2v) is 12.7. The van der Waals surface area contributed by atoms with Gasteiger partial charge in [0.2, 0.25) is 0 Å². The molecule has 0 radical (unpaired) electrons. The molecule has 10 aromatic rings. The lowest BCUT2D eigenvalue weighted by Crippen LogP contribution is -2.13. The van der Waals surface area contributed by atoms with Crippen molar-refractivity contribution in [3.05, 3.63) is 182 Å². The number of fused-ring (bicyclic) bond motifs is 8. The lowest BCUT2D eigenvalue weighted by Gasteiger charge is -2.30. The van der Waals surface area contributed by atoms with Gasteiger partial charge in [-0.15, -0.1) is 0 Å². The summed E-state index contributed by atoms with van der Waals surface area (Å²) in [6.45, 7) is 0. The lowest BCUT2D eigenvalue weighted by molar-refractivity contribution is 1.20. The first-order valence-electron chi connectivity index (χ1n) is 16.8. The minimum atomic E-state index is 0.877. The van der Waals surface area contributed by atoms with Crippen LogP contribution in [0.2, 0.25) is 0 Å². The normalized spacial score (nSPS) is 11.7. The minimum absolute atomic E-state index is 0.877. The maximum atomic E-state index is 5.01. The SMILES string of the molecule is c1ccc(N(c2c3ccccc3c(-c3cc4ccccc4c4ccccc34)c3ccccc23)c2cc3ccccc3c3ccccc23)nc1. The second-order valence-electron chi connectivity index (χ2n) is 12.7. The molecule has 0 aliphatic rings. The van der Waals surface area contributed by atoms with Crippen LogP contribution in [0.25, 0.3) is 75.8 Å². The van der Waals surface area contributed by atoms with Crippen molar-refractivity contribution in [1.82, 2.24) is 4.98 Å². The predicted octanol–water partition coefficient (Wildman–Crippen LogP) is 13.1. The van der Waals surface area contributed by atoms with Crippen molar-refractivity contribution in [2.24, 2.45) is 0 Å². The highest BCUT2D eigenvalue weighted by atomic mass is 15.2. The van der Waals surface area contributed by atoms with Crippen LogP contribution in [0.1, 0.15) is 0 Å². The Bertz CT molecular complexity index is 2830. The van der Waals surface area contributed by atoms with Crippen molar-refractivity contribution in [3.63, 3.8) is 0 Å². The summed E-state index contributed by atoms with van der Waals surface area (Å²) < 4.78 is 0. The number of hydrogen-bond acceptors (Lipinski definition) is 2. The van der Waals surface area contributed by atoms with Crippen molar-refractivity contribution in [2.75, 3.05) is 4.90 Å². The molecule has 0 N–H and O–H groups in total. The van der Waals surface area contributed by atoms with Gasteiger partial charge in [-0.25, -0.2) is 4.98 Å². The lowest BCUT2D eigenvalue weighted by atomic mass is 9.86. The van der Waals surface area contributed by atoms with Crippen LogP contribution in [0.3, 0.4) is 0 Å². The van der Waals surface area contributed by atoms with Gasteiger partial charge in [-0.1, -0.05) is 152 Å². The van der Waals surface area contributed by atoms with E-state index in [1.54, 1.807) is 0 Å². The Labute approximate surface area is 284 Å². The Hall–Kier alpha value is -6.51. The van der Waals surface area contributed by atoms with Crippen LogP contribution >= 0.6 is 0 Å². The molecule has 1 aromatic heterocycles. The Morgan fingerprint density at radius 2 is 0.796 bits per heavy atom. The van der Waals surface area contributed by atoms with Crippen LogP contribution in [-0.2, 0) is 0 Å². The average molecular weight is 623 g/mol. The zero-order chi connectivity index (χ0) is 32.3. The highest BCUT2D eigenvalue weighted by Gasteiger charge is 2.25. The highest BCUT2D eigenvalue weighted by Crippen LogP contribution is 2.50. The fraction of sp³-hybridized carbons (Fsp3) is 0. The van der Waals surface area contributed by atoms with Crippen LogP contribution in [0.15, 0.2) is 182 Å². The highest BCUT2D eigenvalue weighted by molar-refractivity contribution is 6.27. The average Bonchev–Trinajstić information content (AvgIpc) is 3.18. The van der Waals surface area contributed by atoms with Crippen molar-refractivity contribution in [3.8, 4) is 11.1 Å². The van der Waals surface area contributed by atoms with Gasteiger partial charge in [-0.05, 0) is 83.9 Å². The number of benzene rings is 9. The molecule has 0 atom stereocenters. The molecule has 49 heavy (non-hydrogen) atoms. The van der Waals surface area contributed by atoms with E-state index in [0.717, 1.165) is 17.2 Å². The molecule has 0 fully saturated rings. The predicted molar refractivity (Wildman–Crippen MR) is 209 cm³/mol. The zero-order valence-corrected chi connectivity index (χ0v) is 26.7. The van der Waals surface area contributed by atoms with E-state index in [2.05, 4.69) is 175 Å². The van der Waals surface area contributed by atoms with Gasteiger partial charge in [0.25, 0.3) is 0 Å². The summed E-state index contributed by atoms with van der Waals surface area (Å²) in [5, 5.41) is 14.7. The summed E-state index contributed by atoms with van der Waals surface area (Å²) in [6, 6.07) is 63.8. The monoisotopic (exact) mass is 622 g/mol. The van der Waals surface area contributed by atoms with E-state index < -0.39 is 0 Å². The largest absolute Gasteiger partial charge is 0.293 e.